The van der Waals surface area contributed by atoms with Gasteiger partial charge in [-0.05, 0) is 25.5 Å². The first-order valence-electron chi connectivity index (χ1n) is 6.81. The number of para-hydroxylation sites is 1. The Kier molecular flexibility index (Phi) is 6.45. The Morgan fingerprint density at radius 2 is 2.20 bits per heavy atom. The predicted octanol–water partition coefficient (Wildman–Crippen LogP) is 2.75. The number of carbonyl (C=O) groups excluding carboxylic acids is 1. The molecule has 0 bridgehead atoms. The van der Waals surface area contributed by atoms with Gasteiger partial charge in [0.05, 0.1) is 23.9 Å². The third kappa shape index (κ3) is 3.93. The zero-order valence-corrected chi connectivity index (χ0v) is 12.6. The lowest BCUT2D eigenvalue weighted by Crippen LogP contribution is -2.38. The first kappa shape index (κ1) is 16.4. The fourth-order valence-electron chi connectivity index (χ4n) is 1.88. The molecule has 0 fully saturated rings. The normalized spacial score (nSPS) is 12.1. The number of nitrogens with one attached hydrogen (secondary N) is 1. The van der Waals surface area contributed by atoms with Crippen LogP contribution in [0.1, 0.15) is 30.6 Å². The topological polar surface area (TPSA) is 41.6 Å². The minimum absolute atomic E-state index is 0.0743. The highest BCUT2D eigenvalue weighted by Gasteiger charge is 2.21. The van der Waals surface area contributed by atoms with Crippen molar-refractivity contribution < 1.29 is 13.9 Å². The molecule has 1 aromatic carbocycles. The minimum atomic E-state index is -0.405. The summed E-state index contributed by atoms with van der Waals surface area (Å²) >= 11 is 0. The van der Waals surface area contributed by atoms with Crippen molar-refractivity contribution in [1.82, 2.24) is 4.90 Å². The summed E-state index contributed by atoms with van der Waals surface area (Å²) in [6.45, 7) is 4.94. The average Bonchev–Trinajstić information content (AvgIpc) is 2.44. The third-order valence-corrected chi connectivity index (χ3v) is 3.19. The second kappa shape index (κ2) is 7.85. The highest BCUT2D eigenvalue weighted by molar-refractivity contribution is 5.99. The molecular formula is C15H23FN2O2. The summed E-state index contributed by atoms with van der Waals surface area (Å²) in [6.07, 6.45) is 0.859. The average molecular weight is 282 g/mol. The van der Waals surface area contributed by atoms with Crippen LogP contribution in [0.3, 0.4) is 0 Å². The van der Waals surface area contributed by atoms with Gasteiger partial charge in [-0.15, -0.1) is 0 Å². The van der Waals surface area contributed by atoms with Crippen molar-refractivity contribution in [2.45, 2.75) is 26.3 Å². The summed E-state index contributed by atoms with van der Waals surface area (Å²) in [4.78, 5) is 14.0. The second-order valence-electron chi connectivity index (χ2n) is 4.81. The number of hydrogen-bond donors (Lipinski definition) is 1. The molecule has 0 radical (unpaired) electrons. The van der Waals surface area contributed by atoms with E-state index in [4.69, 9.17) is 4.74 Å². The number of nitrogens with zero attached hydrogens (tertiary/aromatic N) is 1. The van der Waals surface area contributed by atoms with E-state index >= 15 is 0 Å². The molecule has 1 amide bonds. The fourth-order valence-corrected chi connectivity index (χ4v) is 1.88. The van der Waals surface area contributed by atoms with E-state index in [0.717, 1.165) is 6.42 Å². The number of methoxy groups -OCH3 is 1. The Bertz CT molecular complexity index is 451. The maximum atomic E-state index is 13.9. The largest absolute Gasteiger partial charge is 0.383 e. The van der Waals surface area contributed by atoms with Crippen molar-refractivity contribution in [3.63, 3.8) is 0 Å². The highest BCUT2D eigenvalue weighted by atomic mass is 19.1. The molecule has 112 valence electrons. The van der Waals surface area contributed by atoms with E-state index in [1.54, 1.807) is 31.2 Å². The predicted molar refractivity (Wildman–Crippen MR) is 78.6 cm³/mol. The van der Waals surface area contributed by atoms with Crippen molar-refractivity contribution in [1.29, 1.82) is 0 Å². The first-order chi connectivity index (χ1) is 9.52. The summed E-state index contributed by atoms with van der Waals surface area (Å²) in [5, 5.41) is 2.98. The van der Waals surface area contributed by atoms with Gasteiger partial charge in [0.15, 0.2) is 0 Å². The standard InChI is InChI=1S/C15H23FN2O2/c1-5-9-17-14-12(7-6-8-13(14)16)15(19)18(3)11(2)10-20-4/h6-8,11,17H,5,9-10H2,1-4H3. The molecule has 0 heterocycles. The van der Waals surface area contributed by atoms with Crippen LogP contribution in [0.2, 0.25) is 0 Å². The van der Waals surface area contributed by atoms with E-state index in [2.05, 4.69) is 5.32 Å². The molecule has 1 N–H and O–H groups in total. The van der Waals surface area contributed by atoms with Crippen LogP contribution in [0.15, 0.2) is 18.2 Å². The van der Waals surface area contributed by atoms with Gasteiger partial charge in [-0.2, -0.15) is 0 Å². The molecule has 1 rings (SSSR count). The van der Waals surface area contributed by atoms with Gasteiger partial charge < -0.3 is 15.0 Å². The minimum Gasteiger partial charge on any atom is -0.383 e. The van der Waals surface area contributed by atoms with E-state index in [0.29, 0.717) is 18.7 Å². The van der Waals surface area contributed by atoms with Crippen LogP contribution in [0.4, 0.5) is 10.1 Å². The Labute approximate surface area is 119 Å². The molecule has 0 aliphatic rings. The first-order valence-corrected chi connectivity index (χ1v) is 6.81. The van der Waals surface area contributed by atoms with Gasteiger partial charge in [0, 0.05) is 20.7 Å². The van der Waals surface area contributed by atoms with Crippen LogP contribution in [-0.2, 0) is 4.74 Å². The molecule has 5 heteroatoms. The molecule has 1 unspecified atom stereocenters. The molecule has 0 saturated carbocycles. The zero-order valence-electron chi connectivity index (χ0n) is 12.6. The Balaban J connectivity index is 2.99. The van der Waals surface area contributed by atoms with Crippen LogP contribution in [0.5, 0.6) is 0 Å². The molecule has 0 spiro atoms. The maximum Gasteiger partial charge on any atom is 0.256 e. The second-order valence-corrected chi connectivity index (χ2v) is 4.81. The van der Waals surface area contributed by atoms with E-state index in [1.807, 2.05) is 13.8 Å². The van der Waals surface area contributed by atoms with Gasteiger partial charge in [0.25, 0.3) is 5.91 Å². The van der Waals surface area contributed by atoms with Crippen LogP contribution in [-0.4, -0.2) is 44.2 Å². The highest BCUT2D eigenvalue weighted by Crippen LogP contribution is 2.22. The van der Waals surface area contributed by atoms with Crippen molar-refractivity contribution in [2.24, 2.45) is 0 Å². The summed E-state index contributed by atoms with van der Waals surface area (Å²) in [5.74, 6) is -0.621. The quantitative estimate of drug-likeness (QED) is 0.836. The number of carbonyl (C=O) groups is 1. The molecule has 4 nitrogen and oxygen atoms in total. The van der Waals surface area contributed by atoms with Gasteiger partial charge in [0.1, 0.15) is 5.82 Å². The SMILES string of the molecule is CCCNc1c(F)cccc1C(=O)N(C)C(C)COC. The molecule has 0 saturated heterocycles. The molecule has 20 heavy (non-hydrogen) atoms. The van der Waals surface area contributed by atoms with Crippen molar-refractivity contribution in [3.05, 3.63) is 29.6 Å². The van der Waals surface area contributed by atoms with Gasteiger partial charge in [-0.1, -0.05) is 13.0 Å². The lowest BCUT2D eigenvalue weighted by atomic mass is 10.1. The zero-order chi connectivity index (χ0) is 15.1. The number of hydrogen-bond acceptors (Lipinski definition) is 3. The molecular weight excluding hydrogens is 259 g/mol. The Morgan fingerprint density at radius 1 is 1.50 bits per heavy atom. The number of anilines is 1. The number of amides is 1. The van der Waals surface area contributed by atoms with E-state index in [9.17, 15) is 9.18 Å². The summed E-state index contributed by atoms with van der Waals surface area (Å²) in [6, 6.07) is 4.47. The van der Waals surface area contributed by atoms with Crippen molar-refractivity contribution in [2.75, 3.05) is 32.6 Å². The monoisotopic (exact) mass is 282 g/mol. The molecule has 0 aliphatic heterocycles. The number of benzene rings is 1. The smallest absolute Gasteiger partial charge is 0.256 e. The molecule has 0 aliphatic carbocycles. The van der Waals surface area contributed by atoms with Crippen LogP contribution < -0.4 is 5.32 Å². The third-order valence-electron chi connectivity index (χ3n) is 3.19. The number of likely N-dealkylation sites (N-methyl/N-ethyl adjacent to an activating group) is 1. The van der Waals surface area contributed by atoms with Gasteiger partial charge >= 0.3 is 0 Å². The van der Waals surface area contributed by atoms with E-state index < -0.39 is 5.82 Å². The summed E-state index contributed by atoms with van der Waals surface area (Å²) in [5.41, 5.74) is 0.625. The summed E-state index contributed by atoms with van der Waals surface area (Å²) < 4.78 is 18.9. The number of ether oxygens (including phenoxy) is 1. The van der Waals surface area contributed by atoms with Gasteiger partial charge in [-0.25, -0.2) is 4.39 Å². The van der Waals surface area contributed by atoms with Crippen LogP contribution in [0.25, 0.3) is 0 Å². The number of rotatable bonds is 7. The van der Waals surface area contributed by atoms with Crippen molar-refractivity contribution >= 4 is 11.6 Å². The maximum absolute atomic E-state index is 13.9. The van der Waals surface area contributed by atoms with Gasteiger partial charge in [-0.3, -0.25) is 4.79 Å². The molecule has 1 aromatic rings. The fraction of sp³-hybridized carbons (Fsp3) is 0.533. The van der Waals surface area contributed by atoms with Gasteiger partial charge in [0.2, 0.25) is 0 Å². The molecule has 0 aromatic heterocycles. The van der Waals surface area contributed by atoms with Crippen molar-refractivity contribution in [3.8, 4) is 0 Å². The lowest BCUT2D eigenvalue weighted by Gasteiger charge is -2.25. The lowest BCUT2D eigenvalue weighted by molar-refractivity contribution is 0.0634. The molecule has 1 atom stereocenters. The van der Waals surface area contributed by atoms with E-state index in [1.165, 1.54) is 6.07 Å². The van der Waals surface area contributed by atoms with Crippen LogP contribution >= 0.6 is 0 Å². The number of halogens is 1. The Hall–Kier alpha value is -1.62. The Morgan fingerprint density at radius 3 is 2.80 bits per heavy atom. The van der Waals surface area contributed by atoms with E-state index in [-0.39, 0.29) is 17.6 Å². The summed E-state index contributed by atoms with van der Waals surface area (Å²) in [7, 11) is 3.28. The van der Waals surface area contributed by atoms with Crippen LogP contribution in [0, 0.1) is 5.82 Å².